The Morgan fingerprint density at radius 1 is 1.00 bits per heavy atom. The van der Waals surface area contributed by atoms with Crippen LogP contribution in [-0.2, 0) is 4.79 Å². The van der Waals surface area contributed by atoms with Gasteiger partial charge in [-0.3, -0.25) is 4.79 Å². The van der Waals surface area contributed by atoms with Gasteiger partial charge in [-0.05, 0) is 31.6 Å². The molecule has 0 saturated heterocycles. The van der Waals surface area contributed by atoms with E-state index in [1.165, 1.54) is 51.4 Å². The van der Waals surface area contributed by atoms with E-state index in [0.717, 1.165) is 38.0 Å². The maximum atomic E-state index is 11.9. The molecule has 0 aromatic heterocycles. The third kappa shape index (κ3) is 6.37. The minimum Gasteiger partial charge on any atom is -0.388 e. The van der Waals surface area contributed by atoms with Crippen LogP contribution in [-0.4, -0.2) is 23.2 Å². The van der Waals surface area contributed by atoms with Crippen molar-refractivity contribution >= 4 is 5.91 Å². The van der Waals surface area contributed by atoms with Crippen LogP contribution in [0.15, 0.2) is 0 Å². The van der Waals surface area contributed by atoms with Gasteiger partial charge in [0.15, 0.2) is 0 Å². The third-order valence-corrected chi connectivity index (χ3v) is 5.39. The number of amides is 1. The molecule has 0 bridgehead atoms. The Labute approximate surface area is 129 Å². The van der Waals surface area contributed by atoms with Crippen molar-refractivity contribution in [3.63, 3.8) is 0 Å². The van der Waals surface area contributed by atoms with Gasteiger partial charge >= 0.3 is 0 Å². The van der Waals surface area contributed by atoms with Crippen LogP contribution in [0.3, 0.4) is 0 Å². The number of carbonyl (C=O) groups is 1. The number of aliphatic hydroxyl groups is 1. The molecule has 1 amide bonds. The van der Waals surface area contributed by atoms with Crippen LogP contribution in [0.2, 0.25) is 0 Å². The van der Waals surface area contributed by atoms with Gasteiger partial charge in [0.1, 0.15) is 0 Å². The summed E-state index contributed by atoms with van der Waals surface area (Å²) in [6.45, 7) is 0.454. The first-order chi connectivity index (χ1) is 10.2. The summed E-state index contributed by atoms with van der Waals surface area (Å²) in [6.07, 6.45) is 16.0. The number of rotatable bonds is 6. The Hall–Kier alpha value is -0.570. The van der Waals surface area contributed by atoms with Gasteiger partial charge in [0.05, 0.1) is 5.60 Å². The highest BCUT2D eigenvalue weighted by Gasteiger charge is 2.28. The second kappa shape index (κ2) is 8.77. The third-order valence-electron chi connectivity index (χ3n) is 5.39. The van der Waals surface area contributed by atoms with E-state index < -0.39 is 5.60 Å². The summed E-state index contributed by atoms with van der Waals surface area (Å²) in [4.78, 5) is 11.9. The molecular formula is C18H33NO2. The van der Waals surface area contributed by atoms with Crippen molar-refractivity contribution < 1.29 is 9.90 Å². The Bertz CT molecular complexity index is 302. The van der Waals surface area contributed by atoms with E-state index in [-0.39, 0.29) is 5.91 Å². The summed E-state index contributed by atoms with van der Waals surface area (Å²) in [5, 5.41) is 13.5. The second-order valence-corrected chi connectivity index (χ2v) is 7.31. The first-order valence-corrected chi connectivity index (χ1v) is 9.17. The van der Waals surface area contributed by atoms with Gasteiger partial charge in [0.25, 0.3) is 0 Å². The van der Waals surface area contributed by atoms with E-state index >= 15 is 0 Å². The number of hydrogen-bond donors (Lipinski definition) is 2. The Kier molecular flexibility index (Phi) is 7.01. The van der Waals surface area contributed by atoms with Crippen LogP contribution in [0.25, 0.3) is 0 Å². The quantitative estimate of drug-likeness (QED) is 0.729. The monoisotopic (exact) mass is 295 g/mol. The molecule has 0 heterocycles. The van der Waals surface area contributed by atoms with Crippen molar-refractivity contribution in [3.8, 4) is 0 Å². The average Bonchev–Trinajstić information content (AvgIpc) is 2.72. The molecule has 3 nitrogen and oxygen atoms in total. The van der Waals surface area contributed by atoms with Crippen LogP contribution in [0, 0.1) is 5.92 Å². The predicted molar refractivity (Wildman–Crippen MR) is 86.1 cm³/mol. The first kappa shape index (κ1) is 16.8. The largest absolute Gasteiger partial charge is 0.388 e. The van der Waals surface area contributed by atoms with Gasteiger partial charge in [-0.15, -0.1) is 0 Å². The van der Waals surface area contributed by atoms with Crippen molar-refractivity contribution in [3.05, 3.63) is 0 Å². The molecule has 0 spiro atoms. The fourth-order valence-electron chi connectivity index (χ4n) is 3.94. The molecule has 2 aliphatic rings. The zero-order valence-corrected chi connectivity index (χ0v) is 13.5. The highest BCUT2D eigenvalue weighted by atomic mass is 16.3. The molecule has 2 N–H and O–H groups in total. The fourth-order valence-corrected chi connectivity index (χ4v) is 3.94. The van der Waals surface area contributed by atoms with Gasteiger partial charge in [-0.25, -0.2) is 0 Å². The van der Waals surface area contributed by atoms with E-state index in [0.29, 0.717) is 13.0 Å². The highest BCUT2D eigenvalue weighted by molar-refractivity contribution is 5.75. The lowest BCUT2D eigenvalue weighted by Gasteiger charge is -2.27. The molecule has 21 heavy (non-hydrogen) atoms. The van der Waals surface area contributed by atoms with Gasteiger partial charge in [0, 0.05) is 13.0 Å². The minimum absolute atomic E-state index is 0.128. The molecule has 0 atom stereocenters. The lowest BCUT2D eigenvalue weighted by Crippen LogP contribution is -2.42. The molecule has 0 aromatic carbocycles. The molecule has 2 saturated carbocycles. The molecule has 2 aliphatic carbocycles. The summed E-state index contributed by atoms with van der Waals surface area (Å²) >= 11 is 0. The number of carbonyl (C=O) groups excluding carboxylic acids is 1. The van der Waals surface area contributed by atoms with E-state index in [9.17, 15) is 9.90 Å². The van der Waals surface area contributed by atoms with Crippen LogP contribution >= 0.6 is 0 Å². The van der Waals surface area contributed by atoms with E-state index in [2.05, 4.69) is 5.32 Å². The van der Waals surface area contributed by atoms with Crippen molar-refractivity contribution in [1.82, 2.24) is 5.32 Å². The van der Waals surface area contributed by atoms with Gasteiger partial charge in [0.2, 0.25) is 5.91 Å². The van der Waals surface area contributed by atoms with Crippen molar-refractivity contribution in [1.29, 1.82) is 0 Å². The molecule has 0 unspecified atom stereocenters. The maximum Gasteiger partial charge on any atom is 0.220 e. The van der Waals surface area contributed by atoms with Gasteiger partial charge < -0.3 is 10.4 Å². The molecule has 2 rings (SSSR count). The Balaban J connectivity index is 1.58. The van der Waals surface area contributed by atoms with Crippen LogP contribution < -0.4 is 5.32 Å². The topological polar surface area (TPSA) is 49.3 Å². The SMILES string of the molecule is O=C(CCCC1CCCCC1)NCC1(O)CCCCCC1. The lowest BCUT2D eigenvalue weighted by molar-refractivity contribution is -0.122. The summed E-state index contributed by atoms with van der Waals surface area (Å²) in [7, 11) is 0. The summed E-state index contributed by atoms with van der Waals surface area (Å²) in [5.41, 5.74) is -0.643. The lowest BCUT2D eigenvalue weighted by atomic mass is 9.86. The molecule has 122 valence electrons. The Morgan fingerprint density at radius 2 is 1.62 bits per heavy atom. The zero-order valence-electron chi connectivity index (χ0n) is 13.5. The fraction of sp³-hybridized carbons (Fsp3) is 0.944. The highest BCUT2D eigenvalue weighted by Crippen LogP contribution is 2.28. The van der Waals surface area contributed by atoms with Crippen molar-refractivity contribution in [2.24, 2.45) is 5.92 Å². The smallest absolute Gasteiger partial charge is 0.220 e. The van der Waals surface area contributed by atoms with Crippen LogP contribution in [0.5, 0.6) is 0 Å². The second-order valence-electron chi connectivity index (χ2n) is 7.31. The van der Waals surface area contributed by atoms with Crippen LogP contribution in [0.1, 0.15) is 89.9 Å². The Morgan fingerprint density at radius 3 is 2.29 bits per heavy atom. The molecule has 0 aliphatic heterocycles. The molecule has 2 fully saturated rings. The average molecular weight is 295 g/mol. The molecule has 0 radical (unpaired) electrons. The zero-order chi connectivity index (χ0) is 15.0. The summed E-state index contributed by atoms with van der Waals surface area (Å²) < 4.78 is 0. The molecule has 0 aromatic rings. The van der Waals surface area contributed by atoms with Gasteiger partial charge in [-0.2, -0.15) is 0 Å². The van der Waals surface area contributed by atoms with E-state index in [4.69, 9.17) is 0 Å². The van der Waals surface area contributed by atoms with Crippen molar-refractivity contribution in [2.75, 3.05) is 6.54 Å². The van der Waals surface area contributed by atoms with Gasteiger partial charge in [-0.1, -0.05) is 57.8 Å². The molecule has 3 heteroatoms. The standard InChI is InChI=1S/C18H33NO2/c20-17(12-8-11-16-9-4-3-5-10-16)19-15-18(21)13-6-1-2-7-14-18/h16,21H,1-15H2,(H,19,20). The summed E-state index contributed by atoms with van der Waals surface area (Å²) in [6, 6.07) is 0. The first-order valence-electron chi connectivity index (χ1n) is 9.17. The minimum atomic E-state index is -0.643. The maximum absolute atomic E-state index is 11.9. The molecular weight excluding hydrogens is 262 g/mol. The van der Waals surface area contributed by atoms with Crippen LogP contribution in [0.4, 0.5) is 0 Å². The summed E-state index contributed by atoms with van der Waals surface area (Å²) in [5.74, 6) is 0.987. The predicted octanol–water partition coefficient (Wildman–Crippen LogP) is 3.94. The normalized spacial score (nSPS) is 23.5. The van der Waals surface area contributed by atoms with E-state index in [1.54, 1.807) is 0 Å². The van der Waals surface area contributed by atoms with Crippen molar-refractivity contribution in [2.45, 2.75) is 95.5 Å². The number of hydrogen-bond acceptors (Lipinski definition) is 2. The number of nitrogens with one attached hydrogen (secondary N) is 1. The van der Waals surface area contributed by atoms with E-state index in [1.807, 2.05) is 0 Å².